The van der Waals surface area contributed by atoms with Crippen LogP contribution in [0.4, 0.5) is 0 Å². The lowest BCUT2D eigenvalue weighted by molar-refractivity contribution is 0.149. The number of rotatable bonds is 7. The number of thiophene rings is 1. The van der Waals surface area contributed by atoms with Crippen LogP contribution in [0.15, 0.2) is 53.4 Å². The minimum atomic E-state index is 0.0829. The zero-order chi connectivity index (χ0) is 16.1. The first kappa shape index (κ1) is 15.9. The average molecular weight is 328 g/mol. The molecular formula is C17H20N4OS. The minimum absolute atomic E-state index is 0.0829. The standard InChI is InChI=1S/C17H20N4OS/c1-14(20(8-9-22)11-15-7-10-23-13-15)17-12-21(19-18-17)16-5-3-2-4-6-16/h2-7,10,12-14,22H,8-9,11H2,1H3/t14-/m1/s1. The zero-order valence-corrected chi connectivity index (χ0v) is 13.9. The van der Waals surface area contributed by atoms with Gasteiger partial charge in [-0.25, -0.2) is 4.68 Å². The summed E-state index contributed by atoms with van der Waals surface area (Å²) in [4.78, 5) is 2.21. The average Bonchev–Trinajstić information content (AvgIpc) is 3.26. The highest BCUT2D eigenvalue weighted by molar-refractivity contribution is 7.07. The van der Waals surface area contributed by atoms with Crippen molar-refractivity contribution in [1.29, 1.82) is 0 Å². The number of aliphatic hydroxyl groups excluding tert-OH is 1. The van der Waals surface area contributed by atoms with E-state index in [4.69, 9.17) is 0 Å². The second-order valence-electron chi connectivity index (χ2n) is 5.43. The Morgan fingerprint density at radius 2 is 2.09 bits per heavy atom. The van der Waals surface area contributed by atoms with Crippen molar-refractivity contribution in [2.45, 2.75) is 19.5 Å². The lowest BCUT2D eigenvalue weighted by atomic mass is 10.2. The fourth-order valence-corrected chi connectivity index (χ4v) is 3.18. The first-order valence-electron chi connectivity index (χ1n) is 7.61. The van der Waals surface area contributed by atoms with E-state index in [2.05, 4.69) is 39.0 Å². The van der Waals surface area contributed by atoms with Gasteiger partial charge in [-0.3, -0.25) is 4.90 Å². The van der Waals surface area contributed by atoms with E-state index >= 15 is 0 Å². The summed E-state index contributed by atoms with van der Waals surface area (Å²) in [7, 11) is 0. The number of para-hydroxylation sites is 1. The summed E-state index contributed by atoms with van der Waals surface area (Å²) in [5.74, 6) is 0. The molecule has 0 radical (unpaired) electrons. The molecule has 3 rings (SSSR count). The van der Waals surface area contributed by atoms with Crippen LogP contribution >= 0.6 is 11.3 Å². The maximum Gasteiger partial charge on any atom is 0.100 e. The third-order valence-electron chi connectivity index (χ3n) is 3.86. The van der Waals surface area contributed by atoms with Gasteiger partial charge in [-0.1, -0.05) is 23.4 Å². The molecule has 0 saturated carbocycles. The molecule has 2 aromatic heterocycles. The summed E-state index contributed by atoms with van der Waals surface area (Å²) >= 11 is 1.69. The number of hydrogen-bond acceptors (Lipinski definition) is 5. The molecule has 23 heavy (non-hydrogen) atoms. The number of nitrogens with zero attached hydrogens (tertiary/aromatic N) is 4. The Kier molecular flexibility index (Phi) is 5.17. The highest BCUT2D eigenvalue weighted by Crippen LogP contribution is 2.21. The van der Waals surface area contributed by atoms with Gasteiger partial charge in [-0.2, -0.15) is 11.3 Å². The molecule has 6 heteroatoms. The van der Waals surface area contributed by atoms with Crippen LogP contribution in [0, 0.1) is 0 Å². The van der Waals surface area contributed by atoms with E-state index in [1.807, 2.05) is 36.5 Å². The Morgan fingerprint density at radius 3 is 2.78 bits per heavy atom. The molecule has 0 unspecified atom stereocenters. The Bertz CT molecular complexity index is 711. The van der Waals surface area contributed by atoms with Gasteiger partial charge in [-0.15, -0.1) is 5.10 Å². The quantitative estimate of drug-likeness (QED) is 0.724. The van der Waals surface area contributed by atoms with E-state index in [-0.39, 0.29) is 12.6 Å². The molecule has 0 spiro atoms. The lowest BCUT2D eigenvalue weighted by Gasteiger charge is -2.26. The molecule has 3 aromatic rings. The summed E-state index contributed by atoms with van der Waals surface area (Å²) in [5, 5.41) is 22.1. The van der Waals surface area contributed by atoms with Crippen LogP contribution < -0.4 is 0 Å². The van der Waals surface area contributed by atoms with Crippen molar-refractivity contribution >= 4 is 11.3 Å². The Labute approximate surface area is 139 Å². The van der Waals surface area contributed by atoms with E-state index in [1.165, 1.54) is 5.56 Å². The highest BCUT2D eigenvalue weighted by Gasteiger charge is 2.19. The summed E-state index contributed by atoms with van der Waals surface area (Å²) in [6.45, 7) is 3.63. The van der Waals surface area contributed by atoms with Crippen molar-refractivity contribution < 1.29 is 5.11 Å². The summed E-state index contributed by atoms with van der Waals surface area (Å²) in [5.41, 5.74) is 3.15. The van der Waals surface area contributed by atoms with Crippen LogP contribution in [-0.4, -0.2) is 38.2 Å². The summed E-state index contributed by atoms with van der Waals surface area (Å²) in [6.07, 6.45) is 1.96. The van der Waals surface area contributed by atoms with Gasteiger partial charge in [0.2, 0.25) is 0 Å². The molecular weight excluding hydrogens is 308 g/mol. The van der Waals surface area contributed by atoms with Crippen molar-refractivity contribution in [2.24, 2.45) is 0 Å². The van der Waals surface area contributed by atoms with Crippen LogP contribution in [0.25, 0.3) is 5.69 Å². The first-order valence-corrected chi connectivity index (χ1v) is 8.56. The minimum Gasteiger partial charge on any atom is -0.395 e. The van der Waals surface area contributed by atoms with Crippen molar-refractivity contribution in [3.05, 3.63) is 64.6 Å². The third kappa shape index (κ3) is 3.85. The Balaban J connectivity index is 1.77. The van der Waals surface area contributed by atoms with E-state index in [0.717, 1.165) is 17.9 Å². The topological polar surface area (TPSA) is 54.2 Å². The van der Waals surface area contributed by atoms with Crippen LogP contribution in [0.3, 0.4) is 0 Å². The van der Waals surface area contributed by atoms with Gasteiger partial charge in [0.05, 0.1) is 24.5 Å². The molecule has 1 N–H and O–H groups in total. The SMILES string of the molecule is C[C@H](c1cn(-c2ccccc2)nn1)N(CCO)Cc1ccsc1. The summed E-state index contributed by atoms with van der Waals surface area (Å²) < 4.78 is 1.79. The zero-order valence-electron chi connectivity index (χ0n) is 13.0. The fourth-order valence-electron chi connectivity index (χ4n) is 2.52. The maximum atomic E-state index is 9.36. The van der Waals surface area contributed by atoms with E-state index in [1.54, 1.807) is 16.0 Å². The van der Waals surface area contributed by atoms with E-state index < -0.39 is 0 Å². The van der Waals surface area contributed by atoms with Gasteiger partial charge in [-0.05, 0) is 41.4 Å². The molecule has 1 atom stereocenters. The molecule has 2 heterocycles. The van der Waals surface area contributed by atoms with E-state index in [9.17, 15) is 5.11 Å². The number of hydrogen-bond donors (Lipinski definition) is 1. The smallest absolute Gasteiger partial charge is 0.100 e. The summed E-state index contributed by atoms with van der Waals surface area (Å²) in [6, 6.07) is 12.1. The lowest BCUT2D eigenvalue weighted by Crippen LogP contribution is -2.29. The Hall–Kier alpha value is -2.02. The second-order valence-corrected chi connectivity index (χ2v) is 6.21. The molecule has 0 bridgehead atoms. The monoisotopic (exact) mass is 328 g/mol. The van der Waals surface area contributed by atoms with Crippen LogP contribution in [0.5, 0.6) is 0 Å². The second kappa shape index (κ2) is 7.50. The molecule has 0 aliphatic rings. The van der Waals surface area contributed by atoms with Gasteiger partial charge >= 0.3 is 0 Å². The van der Waals surface area contributed by atoms with Crippen LogP contribution in [-0.2, 0) is 6.54 Å². The molecule has 0 aliphatic carbocycles. The normalized spacial score (nSPS) is 12.7. The molecule has 120 valence electrons. The van der Waals surface area contributed by atoms with Gasteiger partial charge in [0.25, 0.3) is 0 Å². The van der Waals surface area contributed by atoms with Gasteiger partial charge in [0, 0.05) is 13.1 Å². The molecule has 0 aliphatic heterocycles. The van der Waals surface area contributed by atoms with Crippen molar-refractivity contribution in [3.63, 3.8) is 0 Å². The number of aromatic nitrogens is 3. The predicted octanol–water partition coefficient (Wildman–Crippen LogP) is 2.88. The third-order valence-corrected chi connectivity index (χ3v) is 4.59. The molecule has 0 fully saturated rings. The number of benzene rings is 1. The fraction of sp³-hybridized carbons (Fsp3) is 0.294. The Morgan fingerprint density at radius 1 is 1.26 bits per heavy atom. The van der Waals surface area contributed by atoms with Crippen LogP contribution in [0.2, 0.25) is 0 Å². The highest BCUT2D eigenvalue weighted by atomic mass is 32.1. The largest absolute Gasteiger partial charge is 0.395 e. The van der Waals surface area contributed by atoms with E-state index in [0.29, 0.717) is 6.54 Å². The molecule has 0 amide bonds. The van der Waals surface area contributed by atoms with Crippen LogP contribution in [0.1, 0.15) is 24.2 Å². The van der Waals surface area contributed by atoms with Gasteiger partial charge in [0.1, 0.15) is 5.69 Å². The predicted molar refractivity (Wildman–Crippen MR) is 91.6 cm³/mol. The molecule has 0 saturated heterocycles. The van der Waals surface area contributed by atoms with Crippen molar-refractivity contribution in [1.82, 2.24) is 19.9 Å². The van der Waals surface area contributed by atoms with Gasteiger partial charge < -0.3 is 5.11 Å². The van der Waals surface area contributed by atoms with Crippen molar-refractivity contribution in [3.8, 4) is 5.69 Å². The van der Waals surface area contributed by atoms with Gasteiger partial charge in [0.15, 0.2) is 0 Å². The number of aliphatic hydroxyl groups is 1. The first-order chi connectivity index (χ1) is 11.3. The van der Waals surface area contributed by atoms with Crippen molar-refractivity contribution in [2.75, 3.05) is 13.2 Å². The molecule has 5 nitrogen and oxygen atoms in total. The maximum absolute atomic E-state index is 9.36. The molecule has 1 aromatic carbocycles.